The Morgan fingerprint density at radius 1 is 0.545 bits per heavy atom. The van der Waals surface area contributed by atoms with Gasteiger partial charge in [0, 0.05) is 38.8 Å². The summed E-state index contributed by atoms with van der Waals surface area (Å²) >= 11 is 0. The number of ether oxygens (including phenoxy) is 2. The van der Waals surface area contributed by atoms with Gasteiger partial charge in [-0.05, 0) is 23.7 Å². The zero-order valence-electron chi connectivity index (χ0n) is 23.7. The van der Waals surface area contributed by atoms with Crippen LogP contribution in [0.25, 0.3) is 0 Å². The molecule has 0 radical (unpaired) electrons. The highest BCUT2D eigenvalue weighted by Gasteiger charge is 2.16. The van der Waals surface area contributed by atoms with E-state index in [4.69, 9.17) is 19.4 Å². The minimum absolute atomic E-state index is 0. The van der Waals surface area contributed by atoms with Gasteiger partial charge in [-0.3, -0.25) is 0 Å². The normalized spacial score (nSPS) is 8.75. The molecule has 0 bridgehead atoms. The third kappa shape index (κ3) is 49.8. The Kier molecular flexibility index (Phi) is 74.8. The number of methoxy groups -OCH3 is 2. The lowest BCUT2D eigenvalue weighted by Crippen LogP contribution is -2.54. The van der Waals surface area contributed by atoms with Crippen LogP contribution in [0.3, 0.4) is 0 Å². The Morgan fingerprint density at radius 2 is 0.750 bits per heavy atom. The van der Waals surface area contributed by atoms with Crippen molar-refractivity contribution < 1.29 is 9.47 Å². The molecule has 1 heterocycles. The fraction of sp³-hybridized carbons (Fsp3) is 0.909. The van der Waals surface area contributed by atoms with Gasteiger partial charge in [-0.2, -0.15) is 0 Å². The van der Waals surface area contributed by atoms with Crippen molar-refractivity contribution in [3.63, 3.8) is 0 Å². The van der Waals surface area contributed by atoms with Crippen LogP contribution in [0.1, 0.15) is 136 Å². The monoisotopic (exact) mass is 668 g/mol. The number of hydrogen-bond acceptors (Lipinski definition) is 7. The Morgan fingerprint density at radius 3 is 0.932 bits per heavy atom. The van der Waals surface area contributed by atoms with E-state index in [2.05, 4.69) is 74.7 Å². The highest BCUT2D eigenvalue weighted by atomic mass is 28.3. The summed E-state index contributed by atoms with van der Waals surface area (Å²) in [4.78, 5) is 50.7. The minimum atomic E-state index is -0.731. The quantitative estimate of drug-likeness (QED) is 0.265. The zero-order valence-corrected chi connectivity index (χ0v) is 24.7. The largest absolute Gasteiger partial charge is 0.364 e. The Hall–Kier alpha value is -1.85. The second-order valence-corrected chi connectivity index (χ2v) is 18.4. The summed E-state index contributed by atoms with van der Waals surface area (Å²) in [5, 5.41) is 0. The van der Waals surface area contributed by atoms with Crippen molar-refractivity contribution in [3.8, 4) is 0 Å². The molecule has 0 atom stereocenters. The molecule has 1 aromatic heterocycles. The topological polar surface area (TPSA) is 119 Å². The highest BCUT2D eigenvalue weighted by molar-refractivity contribution is 6.74. The van der Waals surface area contributed by atoms with E-state index in [-0.39, 0.29) is 99.7 Å². The summed E-state index contributed by atoms with van der Waals surface area (Å²) in [6, 6.07) is 0. The number of nitrogens with zero attached hydrogens (tertiary/aromatic N) is 3. The minimum Gasteiger partial charge on any atom is -0.364 e. The van der Waals surface area contributed by atoms with Gasteiger partial charge in [0.15, 0.2) is 0 Å². The van der Waals surface area contributed by atoms with Crippen molar-refractivity contribution in [1.29, 1.82) is 0 Å². The molecule has 11 heteroatoms. The standard InChI is InChI=1S/C14H25N3O5.C5H12.C4H12Si.10CH4.O2/c1-14(2,3)7-6-8-15-11(18)16(9-21-4)13(20)17(10-22-5)12(15)19;2*1-5(2,3)4;;;;;;;;;;;1-2/h6-10H2,1-5H3;2*1-4H3;10*1H4;. The average Bonchev–Trinajstić information content (AvgIpc) is 2.63. The molecule has 10 nitrogen and oxygen atoms in total. The lowest BCUT2D eigenvalue weighted by molar-refractivity contribution is 0.0962. The third-order valence-corrected chi connectivity index (χ3v) is 3.21. The van der Waals surface area contributed by atoms with E-state index in [0.717, 1.165) is 20.1 Å². The predicted octanol–water partition coefficient (Wildman–Crippen LogP) is 10.6. The maximum absolute atomic E-state index is 12.3. The zero-order chi connectivity index (χ0) is 27.9. The molecule has 1 rings (SSSR count). The van der Waals surface area contributed by atoms with Crippen molar-refractivity contribution in [2.24, 2.45) is 10.8 Å². The van der Waals surface area contributed by atoms with Crippen molar-refractivity contribution in [2.75, 3.05) is 14.2 Å². The van der Waals surface area contributed by atoms with Crippen LogP contribution in [0, 0.1) is 20.8 Å². The van der Waals surface area contributed by atoms with Gasteiger partial charge < -0.3 is 9.47 Å². The van der Waals surface area contributed by atoms with Crippen molar-refractivity contribution >= 4 is 8.07 Å². The molecular weight excluding hydrogens is 578 g/mol. The Bertz CT molecular complexity index is 791. The lowest BCUT2D eigenvalue weighted by Gasteiger charge is -2.18. The molecule has 0 amide bonds. The van der Waals surface area contributed by atoms with E-state index < -0.39 is 25.1 Å². The van der Waals surface area contributed by atoms with E-state index >= 15 is 0 Å². The second-order valence-electron chi connectivity index (χ2n) is 12.4. The van der Waals surface area contributed by atoms with Gasteiger partial charge >= 0.3 is 17.1 Å². The summed E-state index contributed by atoms with van der Waals surface area (Å²) in [7, 11) is 2.14. The molecule has 0 unspecified atom stereocenters. The molecule has 0 saturated carbocycles. The molecule has 282 valence electrons. The maximum atomic E-state index is 12.3. The molecule has 0 aliphatic rings. The molecule has 1 aromatic rings. The van der Waals surface area contributed by atoms with Gasteiger partial charge in [0.2, 0.25) is 0 Å². The van der Waals surface area contributed by atoms with Gasteiger partial charge in [0.25, 0.3) is 0 Å². The molecule has 0 aliphatic heterocycles. The average molecular weight is 668 g/mol. The molecule has 0 N–H and O–H groups in total. The SMILES string of the molecule is C.C.C.C.C.C.C.C.C.C.CC(C)(C)C.COCn1c(=O)n(CCCC(C)(C)C)c(=O)n(COC)c1=O.C[Si](C)(C)C.O=O. The van der Waals surface area contributed by atoms with Crippen molar-refractivity contribution in [1.82, 2.24) is 13.7 Å². The van der Waals surface area contributed by atoms with E-state index in [1.165, 1.54) is 14.2 Å². The molecule has 0 saturated heterocycles. The molecule has 44 heavy (non-hydrogen) atoms. The molecule has 0 fully saturated rings. The number of hydrogen-bond donors (Lipinski definition) is 0. The molecular formula is C33H89N3O7Si. The summed E-state index contributed by atoms with van der Waals surface area (Å²) < 4.78 is 12.6. The van der Waals surface area contributed by atoms with Gasteiger partial charge in [0.05, 0.1) is 0 Å². The predicted molar refractivity (Wildman–Crippen MR) is 210 cm³/mol. The van der Waals surface area contributed by atoms with Crippen molar-refractivity contribution in [3.05, 3.63) is 41.4 Å². The number of rotatable bonds is 7. The first-order valence-corrected chi connectivity index (χ1v) is 15.3. The van der Waals surface area contributed by atoms with E-state index in [1.807, 2.05) is 0 Å². The van der Waals surface area contributed by atoms with Crippen LogP contribution in [0.5, 0.6) is 0 Å². The summed E-state index contributed by atoms with van der Waals surface area (Å²) in [5.74, 6) is 0. The van der Waals surface area contributed by atoms with Crippen LogP contribution < -0.4 is 17.1 Å². The van der Waals surface area contributed by atoms with Gasteiger partial charge in [0.1, 0.15) is 13.5 Å². The molecule has 0 aromatic carbocycles. The lowest BCUT2D eigenvalue weighted by atomic mass is 9.91. The van der Waals surface area contributed by atoms with Gasteiger partial charge in [-0.25, -0.2) is 28.1 Å². The molecule has 0 aliphatic carbocycles. The summed E-state index contributed by atoms with van der Waals surface area (Å²) in [6.07, 6.45) is 1.52. The van der Waals surface area contributed by atoms with Crippen LogP contribution in [0.2, 0.25) is 26.2 Å². The van der Waals surface area contributed by atoms with Gasteiger partial charge in [-0.15, -0.1) is 0 Å². The second kappa shape index (κ2) is 39.2. The van der Waals surface area contributed by atoms with E-state index in [0.29, 0.717) is 11.8 Å². The van der Waals surface area contributed by atoms with Crippen molar-refractivity contribution in [2.45, 2.75) is 182 Å². The van der Waals surface area contributed by atoms with Crippen LogP contribution >= 0.6 is 0 Å². The fourth-order valence-corrected chi connectivity index (χ4v) is 2.12. The number of aromatic nitrogens is 3. The van der Waals surface area contributed by atoms with Crippen LogP contribution in [0.4, 0.5) is 0 Å². The van der Waals surface area contributed by atoms with Gasteiger partial charge in [-0.1, -0.05) is 149 Å². The summed E-state index contributed by atoms with van der Waals surface area (Å²) in [6.45, 7) is 24.2. The molecule has 0 spiro atoms. The first kappa shape index (κ1) is 84.0. The van der Waals surface area contributed by atoms with Crippen LogP contribution in [-0.4, -0.2) is 36.0 Å². The summed E-state index contributed by atoms with van der Waals surface area (Å²) in [5.41, 5.74) is -1.43. The van der Waals surface area contributed by atoms with E-state index in [9.17, 15) is 14.4 Å². The third-order valence-electron chi connectivity index (χ3n) is 3.21. The smallest absolute Gasteiger partial charge is 0.340 e. The first-order chi connectivity index (χ1) is 15.2. The van der Waals surface area contributed by atoms with Crippen LogP contribution in [0.15, 0.2) is 14.4 Å². The fourth-order valence-electron chi connectivity index (χ4n) is 2.12. The van der Waals surface area contributed by atoms with Crippen LogP contribution in [-0.2, 0) is 29.5 Å². The maximum Gasteiger partial charge on any atom is 0.340 e. The Balaban J connectivity index is -0.0000000346. The first-order valence-electron chi connectivity index (χ1n) is 11.3. The van der Waals surface area contributed by atoms with E-state index in [1.54, 1.807) is 0 Å². The highest BCUT2D eigenvalue weighted by Crippen LogP contribution is 2.20. The Labute approximate surface area is 279 Å².